The maximum absolute atomic E-state index is 5.31. The standard InChI is InChI=1S/C13H24BrN3O/c1-9(2)17-13(11(14)8-16-17)12(15-4)7-6-10(3)18-5/h8-10,12,15H,6-7H2,1-5H3. The Balaban J connectivity index is 2.84. The number of hydrogen-bond donors (Lipinski definition) is 1. The molecule has 0 amide bonds. The lowest BCUT2D eigenvalue weighted by molar-refractivity contribution is 0.106. The van der Waals surface area contributed by atoms with Crippen molar-refractivity contribution in [3.05, 3.63) is 16.4 Å². The predicted molar refractivity (Wildman–Crippen MR) is 77.8 cm³/mol. The van der Waals surface area contributed by atoms with Crippen molar-refractivity contribution in [1.29, 1.82) is 0 Å². The number of ether oxygens (including phenoxy) is 1. The summed E-state index contributed by atoms with van der Waals surface area (Å²) in [5, 5.41) is 7.80. The van der Waals surface area contributed by atoms with Crippen LogP contribution < -0.4 is 5.32 Å². The summed E-state index contributed by atoms with van der Waals surface area (Å²) in [5.41, 5.74) is 1.22. The van der Waals surface area contributed by atoms with Crippen molar-refractivity contribution in [3.8, 4) is 0 Å². The van der Waals surface area contributed by atoms with Crippen molar-refractivity contribution in [2.45, 2.75) is 51.8 Å². The number of methoxy groups -OCH3 is 1. The fourth-order valence-electron chi connectivity index (χ4n) is 2.03. The summed E-state index contributed by atoms with van der Waals surface area (Å²) in [6.07, 6.45) is 4.22. The van der Waals surface area contributed by atoms with E-state index in [-0.39, 0.29) is 6.10 Å². The molecule has 4 nitrogen and oxygen atoms in total. The van der Waals surface area contributed by atoms with Gasteiger partial charge in [0.1, 0.15) is 0 Å². The summed E-state index contributed by atoms with van der Waals surface area (Å²) in [5.74, 6) is 0. The van der Waals surface area contributed by atoms with Gasteiger partial charge in [0.15, 0.2) is 0 Å². The quantitative estimate of drug-likeness (QED) is 0.838. The number of nitrogens with one attached hydrogen (secondary N) is 1. The molecular formula is C13H24BrN3O. The van der Waals surface area contributed by atoms with Crippen LogP contribution in [0.2, 0.25) is 0 Å². The van der Waals surface area contributed by atoms with Gasteiger partial charge >= 0.3 is 0 Å². The Morgan fingerprint density at radius 3 is 2.56 bits per heavy atom. The van der Waals surface area contributed by atoms with E-state index in [1.807, 2.05) is 13.2 Å². The van der Waals surface area contributed by atoms with Gasteiger partial charge < -0.3 is 10.1 Å². The minimum atomic E-state index is 0.287. The fourth-order valence-corrected chi connectivity index (χ4v) is 2.57. The average Bonchev–Trinajstić information content (AvgIpc) is 2.72. The highest BCUT2D eigenvalue weighted by Gasteiger charge is 2.20. The molecule has 0 aliphatic rings. The highest BCUT2D eigenvalue weighted by molar-refractivity contribution is 9.10. The van der Waals surface area contributed by atoms with Crippen molar-refractivity contribution >= 4 is 15.9 Å². The molecule has 1 heterocycles. The monoisotopic (exact) mass is 317 g/mol. The molecule has 1 aromatic rings. The summed E-state index contributed by atoms with van der Waals surface area (Å²) >= 11 is 3.60. The van der Waals surface area contributed by atoms with Crippen LogP contribution in [0.25, 0.3) is 0 Å². The van der Waals surface area contributed by atoms with Crippen molar-refractivity contribution in [2.75, 3.05) is 14.2 Å². The van der Waals surface area contributed by atoms with Crippen LogP contribution in [0.4, 0.5) is 0 Å². The van der Waals surface area contributed by atoms with Crippen LogP contribution in [0, 0.1) is 0 Å². The van der Waals surface area contributed by atoms with Gasteiger partial charge in [0, 0.05) is 13.2 Å². The summed E-state index contributed by atoms with van der Waals surface area (Å²) in [4.78, 5) is 0. The van der Waals surface area contributed by atoms with Crippen LogP contribution in [0.3, 0.4) is 0 Å². The van der Waals surface area contributed by atoms with Crippen LogP contribution in [-0.2, 0) is 4.74 Å². The predicted octanol–water partition coefficient (Wildman–Crippen LogP) is 3.30. The van der Waals surface area contributed by atoms with E-state index in [9.17, 15) is 0 Å². The summed E-state index contributed by atoms with van der Waals surface area (Å²) < 4.78 is 8.45. The van der Waals surface area contributed by atoms with Crippen LogP contribution in [-0.4, -0.2) is 30.0 Å². The number of rotatable bonds is 7. The minimum absolute atomic E-state index is 0.287. The molecule has 0 bridgehead atoms. The summed E-state index contributed by atoms with van der Waals surface area (Å²) in [6, 6.07) is 0.656. The van der Waals surface area contributed by atoms with Crippen LogP contribution in [0.1, 0.15) is 51.4 Å². The van der Waals surface area contributed by atoms with Crippen molar-refractivity contribution < 1.29 is 4.74 Å². The molecule has 0 aliphatic carbocycles. The topological polar surface area (TPSA) is 39.1 Å². The molecule has 0 spiro atoms. The van der Waals surface area contributed by atoms with Gasteiger partial charge in [-0.3, -0.25) is 4.68 Å². The smallest absolute Gasteiger partial charge is 0.0698 e. The Labute approximate surface area is 118 Å². The number of nitrogens with zero attached hydrogens (tertiary/aromatic N) is 2. The molecule has 2 unspecified atom stereocenters. The molecule has 5 heteroatoms. The Bertz CT molecular complexity index is 365. The van der Waals surface area contributed by atoms with E-state index >= 15 is 0 Å². The second-order valence-electron chi connectivity index (χ2n) is 4.88. The highest BCUT2D eigenvalue weighted by Crippen LogP contribution is 2.29. The molecule has 1 rings (SSSR count). The van der Waals surface area contributed by atoms with E-state index in [1.165, 1.54) is 5.69 Å². The van der Waals surface area contributed by atoms with Crippen molar-refractivity contribution in [2.24, 2.45) is 0 Å². The third kappa shape index (κ3) is 3.80. The van der Waals surface area contributed by atoms with Gasteiger partial charge in [0.05, 0.1) is 28.5 Å². The maximum atomic E-state index is 5.31. The zero-order valence-corrected chi connectivity index (χ0v) is 13.5. The molecular weight excluding hydrogens is 294 g/mol. The number of aromatic nitrogens is 2. The number of hydrogen-bond acceptors (Lipinski definition) is 3. The van der Waals surface area contributed by atoms with Gasteiger partial charge in [-0.1, -0.05) is 0 Å². The van der Waals surface area contributed by atoms with Crippen LogP contribution in [0.15, 0.2) is 10.7 Å². The first-order valence-electron chi connectivity index (χ1n) is 6.44. The molecule has 104 valence electrons. The lowest BCUT2D eigenvalue weighted by atomic mass is 10.1. The van der Waals surface area contributed by atoms with Gasteiger partial charge in [-0.2, -0.15) is 5.10 Å². The number of halogens is 1. The SMILES string of the molecule is CNC(CCC(C)OC)c1c(Br)cnn1C(C)C. The third-order valence-electron chi connectivity index (χ3n) is 3.22. The Hall–Kier alpha value is -0.390. The van der Waals surface area contributed by atoms with E-state index in [0.29, 0.717) is 12.1 Å². The largest absolute Gasteiger partial charge is 0.382 e. The van der Waals surface area contributed by atoms with Crippen molar-refractivity contribution in [3.63, 3.8) is 0 Å². The second-order valence-corrected chi connectivity index (χ2v) is 5.74. The highest BCUT2D eigenvalue weighted by atomic mass is 79.9. The fraction of sp³-hybridized carbons (Fsp3) is 0.769. The zero-order chi connectivity index (χ0) is 13.7. The van der Waals surface area contributed by atoms with Gasteiger partial charge in [0.2, 0.25) is 0 Å². The lowest BCUT2D eigenvalue weighted by Gasteiger charge is -2.21. The summed E-state index contributed by atoms with van der Waals surface area (Å²) in [6.45, 7) is 6.39. The summed E-state index contributed by atoms with van der Waals surface area (Å²) in [7, 11) is 3.75. The molecule has 2 atom stereocenters. The van der Waals surface area contributed by atoms with Crippen molar-refractivity contribution in [1.82, 2.24) is 15.1 Å². The minimum Gasteiger partial charge on any atom is -0.382 e. The maximum Gasteiger partial charge on any atom is 0.0698 e. The first-order valence-corrected chi connectivity index (χ1v) is 7.23. The van der Waals surface area contributed by atoms with Gasteiger partial charge in [-0.25, -0.2) is 0 Å². The van der Waals surface area contributed by atoms with Crippen LogP contribution in [0.5, 0.6) is 0 Å². The Morgan fingerprint density at radius 2 is 2.06 bits per heavy atom. The molecule has 0 saturated carbocycles. The zero-order valence-electron chi connectivity index (χ0n) is 11.9. The first kappa shape index (κ1) is 15.7. The van der Waals surface area contributed by atoms with E-state index < -0.39 is 0 Å². The molecule has 0 aromatic carbocycles. The van der Waals surface area contributed by atoms with E-state index in [0.717, 1.165) is 17.3 Å². The molecule has 0 saturated heterocycles. The van der Waals surface area contributed by atoms with E-state index in [4.69, 9.17) is 4.74 Å². The molecule has 0 radical (unpaired) electrons. The molecule has 1 N–H and O–H groups in total. The van der Waals surface area contributed by atoms with E-state index in [1.54, 1.807) is 7.11 Å². The van der Waals surface area contributed by atoms with Gasteiger partial charge in [-0.15, -0.1) is 0 Å². The van der Waals surface area contributed by atoms with Gasteiger partial charge in [-0.05, 0) is 56.6 Å². The average molecular weight is 318 g/mol. The molecule has 18 heavy (non-hydrogen) atoms. The normalized spacial score (nSPS) is 15.1. The molecule has 1 aromatic heterocycles. The lowest BCUT2D eigenvalue weighted by Crippen LogP contribution is -2.23. The molecule has 0 aliphatic heterocycles. The van der Waals surface area contributed by atoms with E-state index in [2.05, 4.69) is 51.8 Å². The second kappa shape index (κ2) is 7.26. The first-order chi connectivity index (χ1) is 8.51. The third-order valence-corrected chi connectivity index (χ3v) is 3.83. The van der Waals surface area contributed by atoms with Gasteiger partial charge in [0.25, 0.3) is 0 Å². The molecule has 0 fully saturated rings. The Kier molecular flexibility index (Phi) is 6.32. The van der Waals surface area contributed by atoms with Crippen LogP contribution >= 0.6 is 15.9 Å². The Morgan fingerprint density at radius 1 is 1.39 bits per heavy atom.